The fourth-order valence-electron chi connectivity index (χ4n) is 0.777. The van der Waals surface area contributed by atoms with E-state index in [1.165, 1.54) is 0 Å². The second-order valence-electron chi connectivity index (χ2n) is 2.60. The molecule has 0 aromatic heterocycles. The van der Waals surface area contributed by atoms with Crippen molar-refractivity contribution in [3.8, 4) is 0 Å². The van der Waals surface area contributed by atoms with E-state index in [2.05, 4.69) is 10.2 Å². The molecule has 3 heteroatoms. The lowest BCUT2D eigenvalue weighted by molar-refractivity contribution is 0.531. The van der Waals surface area contributed by atoms with Crippen LogP contribution in [0.5, 0.6) is 0 Å². The molecule has 0 amide bonds. The molecule has 0 spiro atoms. The van der Waals surface area contributed by atoms with Gasteiger partial charge in [0.25, 0.3) is 0 Å². The second kappa shape index (κ2) is 1.52. The van der Waals surface area contributed by atoms with E-state index in [1.807, 2.05) is 13.8 Å². The molecule has 0 aromatic rings. The minimum atomic E-state index is -0.103. The molecule has 0 saturated heterocycles. The molecule has 8 heavy (non-hydrogen) atoms. The fourth-order valence-corrected chi connectivity index (χ4v) is 0.777. The maximum Gasteiger partial charge on any atom is 0.189 e. The van der Waals surface area contributed by atoms with Crippen molar-refractivity contribution in [2.75, 3.05) is 0 Å². The molecule has 1 heterocycles. The van der Waals surface area contributed by atoms with Gasteiger partial charge in [0.1, 0.15) is 0 Å². The van der Waals surface area contributed by atoms with E-state index >= 15 is 0 Å². The van der Waals surface area contributed by atoms with Crippen LogP contribution in [0.1, 0.15) is 20.3 Å². The molecule has 1 aliphatic rings. The minimum absolute atomic E-state index is 0.103. The molecule has 0 aromatic carbocycles. The molecule has 1 atom stereocenters. The lowest BCUT2D eigenvalue weighted by Crippen LogP contribution is -2.22. The fraction of sp³-hybridized carbons (Fsp3) is 1.00. The van der Waals surface area contributed by atoms with Crippen molar-refractivity contribution in [1.82, 2.24) is 0 Å². The molecule has 0 unspecified atom stereocenters. The highest BCUT2D eigenvalue weighted by Crippen LogP contribution is 2.31. The quantitative estimate of drug-likeness (QED) is 0.568. The molecule has 2 N–H and O–H groups in total. The molecule has 0 bridgehead atoms. The summed E-state index contributed by atoms with van der Waals surface area (Å²) in [6.07, 6.45) is 0.882. The Kier molecular flexibility index (Phi) is 1.08. The normalized spacial score (nSPS) is 25.4. The summed E-state index contributed by atoms with van der Waals surface area (Å²) in [5, 5.41) is 7.64. The summed E-state index contributed by atoms with van der Waals surface area (Å²) in [5.41, 5.74) is 5.40. The Morgan fingerprint density at radius 1 is 1.62 bits per heavy atom. The zero-order chi connectivity index (χ0) is 6.20. The largest absolute Gasteiger partial charge is 0.328 e. The summed E-state index contributed by atoms with van der Waals surface area (Å²) in [4.78, 5) is 0. The Hall–Kier alpha value is -0.440. The van der Waals surface area contributed by atoms with Gasteiger partial charge in [-0.2, -0.15) is 10.2 Å². The van der Waals surface area contributed by atoms with E-state index in [9.17, 15) is 0 Å². The van der Waals surface area contributed by atoms with Gasteiger partial charge >= 0.3 is 0 Å². The van der Waals surface area contributed by atoms with Crippen molar-refractivity contribution in [2.45, 2.75) is 32.0 Å². The third-order valence-corrected chi connectivity index (χ3v) is 1.15. The van der Waals surface area contributed by atoms with E-state index in [4.69, 9.17) is 5.73 Å². The highest BCUT2D eigenvalue weighted by atomic mass is 15.4. The molecular weight excluding hydrogens is 102 g/mol. The van der Waals surface area contributed by atoms with Crippen LogP contribution in [0.3, 0.4) is 0 Å². The highest BCUT2D eigenvalue weighted by molar-refractivity contribution is 4.90. The predicted octanol–water partition coefficient (Wildman–Crippen LogP) is 0.906. The van der Waals surface area contributed by atoms with E-state index < -0.39 is 0 Å². The van der Waals surface area contributed by atoms with Gasteiger partial charge in [-0.15, -0.1) is 0 Å². The molecule has 0 radical (unpaired) electrons. The number of nitrogens with two attached hydrogens (primary N) is 1. The molecule has 1 rings (SSSR count). The third kappa shape index (κ3) is 1.26. The molecule has 0 aliphatic carbocycles. The molecular formula is C5H11N3. The van der Waals surface area contributed by atoms with Crippen molar-refractivity contribution < 1.29 is 0 Å². The topological polar surface area (TPSA) is 50.7 Å². The van der Waals surface area contributed by atoms with Crippen LogP contribution in [-0.4, -0.2) is 11.7 Å². The SMILES string of the molecule is C[C@@H](N)CC1(C)N=N1. The zero-order valence-corrected chi connectivity index (χ0v) is 5.26. The van der Waals surface area contributed by atoms with E-state index in [0.29, 0.717) is 0 Å². The summed E-state index contributed by atoms with van der Waals surface area (Å²) in [5.74, 6) is 0. The predicted molar refractivity (Wildman–Crippen MR) is 31.5 cm³/mol. The summed E-state index contributed by atoms with van der Waals surface area (Å²) in [7, 11) is 0. The van der Waals surface area contributed by atoms with Crippen LogP contribution in [0.2, 0.25) is 0 Å². The number of rotatable bonds is 2. The Morgan fingerprint density at radius 3 is 2.25 bits per heavy atom. The van der Waals surface area contributed by atoms with Crippen LogP contribution in [0.4, 0.5) is 0 Å². The summed E-state index contributed by atoms with van der Waals surface area (Å²) in [6.45, 7) is 3.95. The summed E-state index contributed by atoms with van der Waals surface area (Å²) in [6, 6.07) is 0.218. The van der Waals surface area contributed by atoms with Crippen molar-refractivity contribution >= 4 is 0 Å². The lowest BCUT2D eigenvalue weighted by atomic mass is 10.1. The number of hydrogen-bond acceptors (Lipinski definition) is 3. The smallest absolute Gasteiger partial charge is 0.189 e. The van der Waals surface area contributed by atoms with Crippen molar-refractivity contribution in [3.63, 3.8) is 0 Å². The first-order valence-electron chi connectivity index (χ1n) is 2.82. The average Bonchev–Trinajstić information content (AvgIpc) is 2.17. The van der Waals surface area contributed by atoms with E-state index in [-0.39, 0.29) is 11.7 Å². The zero-order valence-electron chi connectivity index (χ0n) is 5.26. The van der Waals surface area contributed by atoms with Crippen molar-refractivity contribution in [3.05, 3.63) is 0 Å². The van der Waals surface area contributed by atoms with Gasteiger partial charge in [0.15, 0.2) is 5.66 Å². The van der Waals surface area contributed by atoms with Crippen LogP contribution < -0.4 is 5.73 Å². The van der Waals surface area contributed by atoms with Crippen LogP contribution in [0.15, 0.2) is 10.2 Å². The van der Waals surface area contributed by atoms with Crippen molar-refractivity contribution in [1.29, 1.82) is 0 Å². The first-order chi connectivity index (χ1) is 3.62. The Balaban J connectivity index is 2.20. The van der Waals surface area contributed by atoms with Gasteiger partial charge in [0.05, 0.1) is 0 Å². The first-order valence-corrected chi connectivity index (χ1v) is 2.82. The molecule has 0 saturated carbocycles. The van der Waals surface area contributed by atoms with Gasteiger partial charge in [0.2, 0.25) is 0 Å². The highest BCUT2D eigenvalue weighted by Gasteiger charge is 2.34. The van der Waals surface area contributed by atoms with Gasteiger partial charge in [0, 0.05) is 12.5 Å². The lowest BCUT2D eigenvalue weighted by Gasteiger charge is -2.05. The van der Waals surface area contributed by atoms with Crippen LogP contribution >= 0.6 is 0 Å². The number of hydrogen-bond donors (Lipinski definition) is 1. The molecule has 3 nitrogen and oxygen atoms in total. The van der Waals surface area contributed by atoms with E-state index in [1.54, 1.807) is 0 Å². The molecule has 1 aliphatic heterocycles. The van der Waals surface area contributed by atoms with Gasteiger partial charge < -0.3 is 5.73 Å². The first kappa shape index (κ1) is 5.69. The van der Waals surface area contributed by atoms with Crippen LogP contribution in [-0.2, 0) is 0 Å². The molecule has 0 fully saturated rings. The van der Waals surface area contributed by atoms with Gasteiger partial charge in [-0.05, 0) is 13.8 Å². The Labute approximate surface area is 49.0 Å². The van der Waals surface area contributed by atoms with Gasteiger partial charge in [-0.25, -0.2) is 0 Å². The van der Waals surface area contributed by atoms with Gasteiger partial charge in [-0.3, -0.25) is 0 Å². The van der Waals surface area contributed by atoms with Crippen molar-refractivity contribution in [2.24, 2.45) is 16.0 Å². The minimum Gasteiger partial charge on any atom is -0.328 e. The summed E-state index contributed by atoms with van der Waals surface area (Å²) < 4.78 is 0. The number of nitrogens with zero attached hydrogens (tertiary/aromatic N) is 2. The maximum absolute atomic E-state index is 5.50. The Bertz CT molecular complexity index is 111. The summed E-state index contributed by atoms with van der Waals surface area (Å²) >= 11 is 0. The Morgan fingerprint density at radius 2 is 2.12 bits per heavy atom. The van der Waals surface area contributed by atoms with Gasteiger partial charge in [-0.1, -0.05) is 0 Å². The average molecular weight is 113 g/mol. The second-order valence-corrected chi connectivity index (χ2v) is 2.60. The third-order valence-electron chi connectivity index (χ3n) is 1.15. The monoisotopic (exact) mass is 113 g/mol. The van der Waals surface area contributed by atoms with E-state index in [0.717, 1.165) is 6.42 Å². The van der Waals surface area contributed by atoms with Crippen LogP contribution in [0.25, 0.3) is 0 Å². The standard InChI is InChI=1S/C5H11N3/c1-4(6)3-5(2)7-8-5/h4H,3,6H2,1-2H3/t4-/m1/s1. The maximum atomic E-state index is 5.50. The molecule has 46 valence electrons. The van der Waals surface area contributed by atoms with Crippen LogP contribution in [0, 0.1) is 0 Å².